The average Bonchev–Trinajstić information content (AvgIpc) is 3.81. The number of anilines is 1. The molecule has 1 amide bonds. The Kier molecular flexibility index (Phi) is 13.4. The molecule has 6 unspecified atom stereocenters. The molecule has 3 fully saturated rings. The zero-order valence-electron chi connectivity index (χ0n) is 30.1. The number of aliphatic hydroxyl groups is 8. The first-order chi connectivity index (χ1) is 27.9. The van der Waals surface area contributed by atoms with Gasteiger partial charge in [-0.25, -0.2) is 28.6 Å². The zero-order valence-corrected chi connectivity index (χ0v) is 32.8. The molecule has 16 atom stereocenters. The predicted octanol–water partition coefficient (Wildman–Crippen LogP) is -6.04. The summed E-state index contributed by atoms with van der Waals surface area (Å²) in [5.41, 5.74) is 7.64. The summed E-state index contributed by atoms with van der Waals surface area (Å²) in [5.74, 6) is -1.02. The topological polar surface area (TPSA) is 475 Å². The first-order valence-electron chi connectivity index (χ1n) is 17.1. The fraction of sp³-hybridized carbons (Fsp3) is 0.630. The van der Waals surface area contributed by atoms with Crippen LogP contribution in [0.4, 0.5) is 5.82 Å². The quantitative estimate of drug-likeness (QED) is 0.0739. The number of nitrogens with zero attached hydrogens (tertiary/aromatic N) is 5. The molecule has 2 aromatic heterocycles. The number of hydrogen-bond donors (Lipinski definition) is 14. The van der Waals surface area contributed by atoms with E-state index in [0.717, 1.165) is 17.2 Å². The molecule has 0 saturated carbocycles. The molecule has 3 saturated heterocycles. The standard InChI is InChI=1S/C27H40N7O23P3/c28-21-11-23(31-7-30-21)34(8-32-11)25-18(56-58(44,45)46)20(41)27(55-25,19(40)17-14(37)13(36)16(39)26(43)54-17)6-52-60(49,50)57-59(47,48)51-5-10-12(35)15(38)24(53-10)33-3-1-2-9(4-33)22(29)42/h1,3-4,7-8,10,12-20,24-26,35-41,43H,2,5-6H2,(H2,29,42)(H,47,48)(H,49,50)(H2,28,30,31)(H2,44,45,46)/t10-,12?,13+,14+,15?,16+,17+,18-,19?,20+,24?,25-,26+,27+/m1/s1. The van der Waals surface area contributed by atoms with Crippen LogP contribution in [0.25, 0.3) is 11.2 Å². The lowest BCUT2D eigenvalue weighted by molar-refractivity contribution is -0.317. The minimum atomic E-state index is -6.04. The number of primary amides is 1. The van der Waals surface area contributed by atoms with Crippen LogP contribution in [0, 0.1) is 0 Å². The van der Waals surface area contributed by atoms with Gasteiger partial charge in [0.2, 0.25) is 5.91 Å². The van der Waals surface area contributed by atoms with Crippen molar-refractivity contribution in [2.24, 2.45) is 5.73 Å². The van der Waals surface area contributed by atoms with Crippen molar-refractivity contribution in [2.75, 3.05) is 18.9 Å². The van der Waals surface area contributed by atoms with Crippen molar-refractivity contribution < 1.29 is 111 Å². The number of aromatic nitrogens is 4. The van der Waals surface area contributed by atoms with Crippen molar-refractivity contribution >= 4 is 46.4 Å². The van der Waals surface area contributed by atoms with Gasteiger partial charge in [-0.2, -0.15) is 4.31 Å². The van der Waals surface area contributed by atoms with Crippen LogP contribution in [0.2, 0.25) is 0 Å². The summed E-state index contributed by atoms with van der Waals surface area (Å²) in [6, 6.07) is 0. The number of nitrogens with two attached hydrogens (primary N) is 2. The normalized spacial score (nSPS) is 37.5. The van der Waals surface area contributed by atoms with Gasteiger partial charge < -0.3 is 91.0 Å². The number of phosphoric ester groups is 3. The van der Waals surface area contributed by atoms with Crippen LogP contribution in [-0.4, -0.2) is 183 Å². The molecule has 4 aliphatic rings. The van der Waals surface area contributed by atoms with Crippen LogP contribution in [0.5, 0.6) is 0 Å². The minimum Gasteiger partial charge on any atom is -0.387 e. The van der Waals surface area contributed by atoms with Gasteiger partial charge in [-0.1, -0.05) is 6.08 Å². The van der Waals surface area contributed by atoms with E-state index in [1.165, 1.54) is 23.4 Å². The minimum absolute atomic E-state index is 0.103. The molecule has 4 aliphatic heterocycles. The number of nitrogen functional groups attached to an aromatic ring is 1. The second-order valence-electron chi connectivity index (χ2n) is 13.6. The number of hydrogen-bond acceptors (Lipinski definition) is 24. The molecule has 60 heavy (non-hydrogen) atoms. The van der Waals surface area contributed by atoms with E-state index >= 15 is 0 Å². The highest BCUT2D eigenvalue weighted by Gasteiger charge is 2.66. The Hall–Kier alpha value is -2.97. The zero-order chi connectivity index (χ0) is 44.3. The smallest absolute Gasteiger partial charge is 0.387 e. The van der Waals surface area contributed by atoms with E-state index in [4.69, 9.17) is 39.2 Å². The predicted molar refractivity (Wildman–Crippen MR) is 187 cm³/mol. The largest absolute Gasteiger partial charge is 0.481 e. The first-order valence-corrected chi connectivity index (χ1v) is 21.6. The molecule has 6 rings (SSSR count). The maximum atomic E-state index is 13.2. The van der Waals surface area contributed by atoms with Gasteiger partial charge >= 0.3 is 23.5 Å². The van der Waals surface area contributed by atoms with Crippen LogP contribution in [0.1, 0.15) is 12.6 Å². The Bertz CT molecular complexity index is 2130. The van der Waals surface area contributed by atoms with Crippen molar-refractivity contribution in [1.82, 2.24) is 24.4 Å². The SMILES string of the molecule is NC(=O)C1=CN(C2O[C@H](COP(=O)(O)OP(=O)(O)OC[C@@]3(C(O)[C@H]4O[C@H](O)[C@@H](O)[C@@H](O)[C@@H]4O)O[C@@H](n4cnc5c(N)ncnc54)[C@H](OP(=O)(O)O)[C@@H]3O)C(O)C2O)C=CC1. The van der Waals surface area contributed by atoms with Crippen LogP contribution in [0.15, 0.2) is 36.7 Å². The van der Waals surface area contributed by atoms with Crippen molar-refractivity contribution in [3.8, 4) is 0 Å². The number of amides is 1. The summed E-state index contributed by atoms with van der Waals surface area (Å²) in [6.45, 7) is -2.85. The molecule has 0 radical (unpaired) electrons. The fourth-order valence-electron chi connectivity index (χ4n) is 6.75. The number of rotatable bonds is 15. The Morgan fingerprint density at radius 2 is 1.60 bits per heavy atom. The van der Waals surface area contributed by atoms with E-state index in [2.05, 4.69) is 19.3 Å². The highest BCUT2D eigenvalue weighted by atomic mass is 31.3. The van der Waals surface area contributed by atoms with Crippen LogP contribution in [-0.2, 0) is 50.6 Å². The van der Waals surface area contributed by atoms with Gasteiger partial charge in [0.25, 0.3) is 0 Å². The Labute approximate surface area is 334 Å². The number of carbonyl (C=O) groups excluding carboxylic acids is 1. The summed E-state index contributed by atoms with van der Waals surface area (Å²) < 4.78 is 74.3. The number of ether oxygens (including phenoxy) is 3. The highest BCUT2D eigenvalue weighted by Crippen LogP contribution is 2.62. The molecule has 16 N–H and O–H groups in total. The van der Waals surface area contributed by atoms with E-state index in [-0.39, 0.29) is 29.0 Å². The number of carbonyl (C=O) groups is 1. The third-order valence-electron chi connectivity index (χ3n) is 9.72. The molecule has 6 heterocycles. The van der Waals surface area contributed by atoms with Gasteiger partial charge in [0.15, 0.2) is 35.8 Å². The van der Waals surface area contributed by atoms with Crippen molar-refractivity contribution in [3.63, 3.8) is 0 Å². The molecule has 30 nitrogen and oxygen atoms in total. The van der Waals surface area contributed by atoms with Gasteiger partial charge in [0.05, 0.1) is 19.5 Å². The average molecular weight is 924 g/mol. The molecule has 0 aromatic carbocycles. The van der Waals surface area contributed by atoms with Gasteiger partial charge in [0.1, 0.15) is 72.9 Å². The molecule has 336 valence electrons. The van der Waals surface area contributed by atoms with Crippen molar-refractivity contribution in [2.45, 2.75) is 91.8 Å². The van der Waals surface area contributed by atoms with Crippen molar-refractivity contribution in [3.05, 3.63) is 36.7 Å². The van der Waals surface area contributed by atoms with Gasteiger partial charge in [-0.3, -0.25) is 22.9 Å². The van der Waals surface area contributed by atoms with E-state index < -0.39 is 128 Å². The lowest BCUT2D eigenvalue weighted by Gasteiger charge is -2.45. The van der Waals surface area contributed by atoms with E-state index in [1.54, 1.807) is 0 Å². The second-order valence-corrected chi connectivity index (χ2v) is 17.9. The number of phosphoric acid groups is 3. The van der Waals surface area contributed by atoms with Crippen LogP contribution in [0.3, 0.4) is 0 Å². The molecular formula is C27H40N7O23P3. The lowest BCUT2D eigenvalue weighted by atomic mass is 9.82. The van der Waals surface area contributed by atoms with Gasteiger partial charge in [-0.05, 0) is 6.42 Å². The monoisotopic (exact) mass is 923 g/mol. The third-order valence-corrected chi connectivity index (χ3v) is 12.8. The Balaban J connectivity index is 1.25. The van der Waals surface area contributed by atoms with E-state index in [0.29, 0.717) is 0 Å². The maximum absolute atomic E-state index is 13.2. The fourth-order valence-corrected chi connectivity index (χ4v) is 9.41. The number of allylic oxidation sites excluding steroid dienone is 1. The maximum Gasteiger partial charge on any atom is 0.481 e. The van der Waals surface area contributed by atoms with E-state index in [1.807, 2.05) is 0 Å². The van der Waals surface area contributed by atoms with Crippen LogP contribution < -0.4 is 11.5 Å². The first kappa shape index (κ1) is 46.5. The number of imidazole rings is 1. The molecule has 2 aromatic rings. The van der Waals surface area contributed by atoms with Crippen molar-refractivity contribution in [1.29, 1.82) is 0 Å². The van der Waals surface area contributed by atoms with Gasteiger partial charge in [-0.15, -0.1) is 0 Å². The van der Waals surface area contributed by atoms with Crippen LogP contribution >= 0.6 is 23.5 Å². The summed E-state index contributed by atoms with van der Waals surface area (Å²) in [5, 5.41) is 85.8. The number of aliphatic hydroxyl groups excluding tert-OH is 8. The Morgan fingerprint density at radius 1 is 0.917 bits per heavy atom. The highest BCUT2D eigenvalue weighted by molar-refractivity contribution is 7.61. The molecule has 0 bridgehead atoms. The summed E-state index contributed by atoms with van der Waals surface area (Å²) in [4.78, 5) is 65.0. The van der Waals surface area contributed by atoms with E-state index in [9.17, 15) is 78.9 Å². The molecule has 0 spiro atoms. The third kappa shape index (κ3) is 9.36. The molecular weight excluding hydrogens is 883 g/mol. The summed E-state index contributed by atoms with van der Waals surface area (Å²) >= 11 is 0. The number of fused-ring (bicyclic) bond motifs is 1. The second kappa shape index (κ2) is 17.3. The summed E-state index contributed by atoms with van der Waals surface area (Å²) in [7, 11) is -17.5. The molecule has 33 heteroatoms. The molecule has 0 aliphatic carbocycles. The summed E-state index contributed by atoms with van der Waals surface area (Å²) in [6.07, 6.45) is -22.0. The lowest BCUT2D eigenvalue weighted by Crippen LogP contribution is -2.68. The van der Waals surface area contributed by atoms with Gasteiger partial charge in [0, 0.05) is 18.0 Å². The Morgan fingerprint density at radius 3 is 2.27 bits per heavy atom.